The summed E-state index contributed by atoms with van der Waals surface area (Å²) in [7, 11) is 2.04. The summed E-state index contributed by atoms with van der Waals surface area (Å²) in [6.07, 6.45) is 2.32. The molecule has 3 nitrogen and oxygen atoms in total. The predicted molar refractivity (Wildman–Crippen MR) is 87.6 cm³/mol. The molecule has 0 saturated carbocycles. The van der Waals surface area contributed by atoms with E-state index in [1.165, 1.54) is 36.2 Å². The standard InChI is InChI=1S/C18H26N2O/c1-4-15-16-7-5-6-8-17(16)21-18(15)13(2)20-10-9-14(12-20)11-19-3/h5-8,13-14,19H,4,9-12H2,1-3H3. The van der Waals surface area contributed by atoms with Gasteiger partial charge in [0.25, 0.3) is 0 Å². The maximum Gasteiger partial charge on any atom is 0.134 e. The molecular formula is C18H26N2O. The van der Waals surface area contributed by atoms with Crippen molar-refractivity contribution in [2.75, 3.05) is 26.7 Å². The second-order valence-corrected chi connectivity index (χ2v) is 6.18. The molecule has 2 unspecified atom stereocenters. The lowest BCUT2D eigenvalue weighted by Gasteiger charge is -2.23. The molecule has 2 aromatic rings. The average Bonchev–Trinajstić information content (AvgIpc) is 3.10. The molecule has 0 spiro atoms. The van der Waals surface area contributed by atoms with E-state index < -0.39 is 0 Å². The maximum absolute atomic E-state index is 6.20. The molecule has 0 amide bonds. The number of furan rings is 1. The molecule has 1 N–H and O–H groups in total. The molecule has 1 saturated heterocycles. The predicted octanol–water partition coefficient (Wildman–Crippen LogP) is 3.60. The Morgan fingerprint density at radius 3 is 2.95 bits per heavy atom. The summed E-state index contributed by atoms with van der Waals surface area (Å²) in [4.78, 5) is 2.57. The normalized spacial score (nSPS) is 21.2. The first-order valence-corrected chi connectivity index (χ1v) is 8.13. The van der Waals surface area contributed by atoms with Crippen LogP contribution in [0, 0.1) is 5.92 Å². The molecule has 1 aliphatic heterocycles. The van der Waals surface area contributed by atoms with E-state index in [-0.39, 0.29) is 0 Å². The first kappa shape index (κ1) is 14.6. The number of hydrogen-bond acceptors (Lipinski definition) is 3. The molecule has 0 radical (unpaired) electrons. The van der Waals surface area contributed by atoms with Gasteiger partial charge in [-0.05, 0) is 51.9 Å². The first-order chi connectivity index (χ1) is 10.2. The zero-order valence-electron chi connectivity index (χ0n) is 13.4. The van der Waals surface area contributed by atoms with Gasteiger partial charge in [0.2, 0.25) is 0 Å². The summed E-state index contributed by atoms with van der Waals surface area (Å²) in [6.45, 7) is 7.97. The summed E-state index contributed by atoms with van der Waals surface area (Å²) in [6, 6.07) is 8.79. The molecule has 2 heterocycles. The highest BCUT2D eigenvalue weighted by Crippen LogP contribution is 2.35. The molecule has 114 valence electrons. The zero-order chi connectivity index (χ0) is 14.8. The van der Waals surface area contributed by atoms with Crippen LogP contribution in [0.1, 0.15) is 37.6 Å². The van der Waals surface area contributed by atoms with E-state index in [1.807, 2.05) is 7.05 Å². The van der Waals surface area contributed by atoms with Gasteiger partial charge in [0, 0.05) is 17.5 Å². The number of benzene rings is 1. The molecule has 21 heavy (non-hydrogen) atoms. The smallest absolute Gasteiger partial charge is 0.134 e. The van der Waals surface area contributed by atoms with Crippen molar-refractivity contribution in [3.05, 3.63) is 35.6 Å². The first-order valence-electron chi connectivity index (χ1n) is 8.13. The molecule has 0 aliphatic carbocycles. The Kier molecular flexibility index (Phi) is 4.32. The fourth-order valence-corrected chi connectivity index (χ4v) is 3.66. The number of hydrogen-bond donors (Lipinski definition) is 1. The maximum atomic E-state index is 6.20. The summed E-state index contributed by atoms with van der Waals surface area (Å²) in [5.41, 5.74) is 2.41. The third-order valence-electron chi connectivity index (χ3n) is 4.82. The lowest BCUT2D eigenvalue weighted by atomic mass is 10.0. The van der Waals surface area contributed by atoms with Crippen molar-refractivity contribution < 1.29 is 4.42 Å². The summed E-state index contributed by atoms with van der Waals surface area (Å²) < 4.78 is 6.20. The van der Waals surface area contributed by atoms with E-state index in [0.29, 0.717) is 6.04 Å². The van der Waals surface area contributed by atoms with E-state index >= 15 is 0 Å². The fraction of sp³-hybridized carbons (Fsp3) is 0.556. The summed E-state index contributed by atoms with van der Waals surface area (Å²) >= 11 is 0. The van der Waals surface area contributed by atoms with Crippen LogP contribution in [0.25, 0.3) is 11.0 Å². The topological polar surface area (TPSA) is 28.4 Å². The minimum atomic E-state index is 0.370. The molecule has 1 aromatic heterocycles. The van der Waals surface area contributed by atoms with Gasteiger partial charge >= 0.3 is 0 Å². The van der Waals surface area contributed by atoms with Crippen LogP contribution < -0.4 is 5.32 Å². The van der Waals surface area contributed by atoms with Crippen molar-refractivity contribution in [2.45, 2.75) is 32.7 Å². The van der Waals surface area contributed by atoms with Crippen LogP contribution in [-0.4, -0.2) is 31.6 Å². The third-order valence-corrected chi connectivity index (χ3v) is 4.82. The fourth-order valence-electron chi connectivity index (χ4n) is 3.66. The minimum absolute atomic E-state index is 0.370. The van der Waals surface area contributed by atoms with Crippen LogP contribution in [0.3, 0.4) is 0 Å². The lowest BCUT2D eigenvalue weighted by Crippen LogP contribution is -2.27. The molecule has 1 aromatic carbocycles. The van der Waals surface area contributed by atoms with Crippen molar-refractivity contribution in [2.24, 2.45) is 5.92 Å². The van der Waals surface area contributed by atoms with Crippen LogP contribution in [0.5, 0.6) is 0 Å². The molecule has 1 aliphatic rings. The van der Waals surface area contributed by atoms with Crippen LogP contribution in [0.4, 0.5) is 0 Å². The Labute approximate surface area is 127 Å². The van der Waals surface area contributed by atoms with E-state index in [2.05, 4.69) is 48.3 Å². The van der Waals surface area contributed by atoms with Gasteiger partial charge in [-0.25, -0.2) is 0 Å². The Morgan fingerprint density at radius 2 is 2.19 bits per heavy atom. The van der Waals surface area contributed by atoms with Crippen LogP contribution in [0.2, 0.25) is 0 Å². The van der Waals surface area contributed by atoms with Crippen LogP contribution in [-0.2, 0) is 6.42 Å². The molecule has 0 bridgehead atoms. The SMILES string of the molecule is CCc1c(C(C)N2CCC(CNC)C2)oc2ccccc12. The Morgan fingerprint density at radius 1 is 1.38 bits per heavy atom. The van der Waals surface area contributed by atoms with Gasteiger partial charge in [-0.2, -0.15) is 0 Å². The number of para-hydroxylation sites is 1. The second-order valence-electron chi connectivity index (χ2n) is 6.18. The zero-order valence-corrected chi connectivity index (χ0v) is 13.4. The van der Waals surface area contributed by atoms with Gasteiger partial charge in [-0.15, -0.1) is 0 Å². The van der Waals surface area contributed by atoms with E-state index in [4.69, 9.17) is 4.42 Å². The highest BCUT2D eigenvalue weighted by Gasteiger charge is 2.29. The summed E-state index contributed by atoms with van der Waals surface area (Å²) in [5, 5.41) is 4.59. The van der Waals surface area contributed by atoms with Crippen molar-refractivity contribution in [3.63, 3.8) is 0 Å². The molecular weight excluding hydrogens is 260 g/mol. The molecule has 3 heteroatoms. The quantitative estimate of drug-likeness (QED) is 0.910. The number of nitrogens with zero attached hydrogens (tertiary/aromatic N) is 1. The number of rotatable bonds is 5. The van der Waals surface area contributed by atoms with Gasteiger partial charge in [0.15, 0.2) is 0 Å². The third kappa shape index (κ3) is 2.72. The molecule has 2 atom stereocenters. The van der Waals surface area contributed by atoms with Crippen molar-refractivity contribution in [1.82, 2.24) is 10.2 Å². The van der Waals surface area contributed by atoms with Crippen molar-refractivity contribution in [3.8, 4) is 0 Å². The van der Waals surface area contributed by atoms with E-state index in [9.17, 15) is 0 Å². The Bertz CT molecular complexity index is 604. The van der Waals surface area contributed by atoms with Crippen molar-refractivity contribution in [1.29, 1.82) is 0 Å². The average molecular weight is 286 g/mol. The Balaban J connectivity index is 1.86. The number of likely N-dealkylation sites (tertiary alicyclic amines) is 1. The van der Waals surface area contributed by atoms with Crippen molar-refractivity contribution >= 4 is 11.0 Å². The Hall–Kier alpha value is -1.32. The molecule has 1 fully saturated rings. The lowest BCUT2D eigenvalue weighted by molar-refractivity contribution is 0.225. The molecule has 3 rings (SSSR count). The van der Waals surface area contributed by atoms with Gasteiger partial charge in [0.05, 0.1) is 6.04 Å². The highest BCUT2D eigenvalue weighted by atomic mass is 16.3. The van der Waals surface area contributed by atoms with Gasteiger partial charge in [-0.3, -0.25) is 4.90 Å². The van der Waals surface area contributed by atoms with Gasteiger partial charge < -0.3 is 9.73 Å². The number of aryl methyl sites for hydroxylation is 1. The van der Waals surface area contributed by atoms with Crippen LogP contribution >= 0.6 is 0 Å². The van der Waals surface area contributed by atoms with E-state index in [0.717, 1.165) is 24.5 Å². The number of fused-ring (bicyclic) bond motifs is 1. The highest BCUT2D eigenvalue weighted by molar-refractivity contribution is 5.82. The second kappa shape index (κ2) is 6.20. The van der Waals surface area contributed by atoms with Gasteiger partial charge in [0.1, 0.15) is 11.3 Å². The van der Waals surface area contributed by atoms with Crippen LogP contribution in [0.15, 0.2) is 28.7 Å². The van der Waals surface area contributed by atoms with E-state index in [1.54, 1.807) is 0 Å². The summed E-state index contributed by atoms with van der Waals surface area (Å²) in [5.74, 6) is 1.94. The number of nitrogens with one attached hydrogen (secondary N) is 1. The monoisotopic (exact) mass is 286 g/mol. The largest absolute Gasteiger partial charge is 0.459 e. The minimum Gasteiger partial charge on any atom is -0.459 e. The van der Waals surface area contributed by atoms with Gasteiger partial charge in [-0.1, -0.05) is 25.1 Å².